The average Bonchev–Trinajstić information content (AvgIpc) is 3.42. The van der Waals surface area contributed by atoms with E-state index in [9.17, 15) is 4.39 Å². The number of hydrogen-bond acceptors (Lipinski definition) is 5. The molecule has 5 heterocycles. The Bertz CT molecular complexity index is 1430. The maximum Gasteiger partial charge on any atom is 0.181 e. The average molecular weight is 427 g/mol. The monoisotopic (exact) mass is 427 g/mol. The lowest BCUT2D eigenvalue weighted by Gasteiger charge is -2.22. The van der Waals surface area contributed by atoms with Gasteiger partial charge in [0, 0.05) is 18.0 Å². The van der Waals surface area contributed by atoms with E-state index in [1.807, 2.05) is 25.3 Å². The van der Waals surface area contributed by atoms with Gasteiger partial charge in [0.2, 0.25) is 0 Å². The number of imidazole rings is 1. The first-order valence-corrected chi connectivity index (χ1v) is 10.8. The molecule has 8 heteroatoms. The van der Waals surface area contributed by atoms with Crippen LogP contribution in [0.25, 0.3) is 44.8 Å². The second-order valence-corrected chi connectivity index (χ2v) is 8.42. The zero-order valence-corrected chi connectivity index (χ0v) is 17.6. The molecule has 6 rings (SSSR count). The van der Waals surface area contributed by atoms with E-state index in [2.05, 4.69) is 36.5 Å². The standard InChI is InChI=1S/C24H22FN7/c1-13-8-15(10-17(25)9-13)18-4-7-27-23-20(18)29-24(30-23)21-19-11-16(12-28-22(19)32-31-21)14-2-5-26-6-3-14/h4,7-12,14,26H,2-3,5-6H2,1H3,(H,27,29,30)(H,28,31,32). The van der Waals surface area contributed by atoms with Crippen LogP contribution < -0.4 is 5.32 Å². The van der Waals surface area contributed by atoms with Gasteiger partial charge in [0.1, 0.15) is 11.5 Å². The maximum atomic E-state index is 14.0. The molecule has 0 spiro atoms. The molecule has 3 N–H and O–H groups in total. The van der Waals surface area contributed by atoms with Gasteiger partial charge in [-0.2, -0.15) is 5.10 Å². The predicted octanol–water partition coefficient (Wildman–Crippen LogP) is 4.48. The fourth-order valence-corrected chi connectivity index (χ4v) is 4.64. The van der Waals surface area contributed by atoms with E-state index in [0.717, 1.165) is 59.2 Å². The van der Waals surface area contributed by atoms with E-state index in [1.54, 1.807) is 6.20 Å². The summed E-state index contributed by atoms with van der Waals surface area (Å²) in [6, 6.07) is 9.06. The van der Waals surface area contributed by atoms with Gasteiger partial charge in [0.05, 0.1) is 10.9 Å². The topological polar surface area (TPSA) is 95.2 Å². The Morgan fingerprint density at radius 2 is 1.91 bits per heavy atom. The number of hydrogen-bond donors (Lipinski definition) is 3. The summed E-state index contributed by atoms with van der Waals surface area (Å²) in [7, 11) is 0. The molecule has 4 aromatic heterocycles. The van der Waals surface area contributed by atoms with Crippen LogP contribution in [0, 0.1) is 12.7 Å². The summed E-state index contributed by atoms with van der Waals surface area (Å²) in [5, 5.41) is 11.8. The van der Waals surface area contributed by atoms with Gasteiger partial charge in [-0.25, -0.2) is 19.3 Å². The van der Waals surface area contributed by atoms with Gasteiger partial charge in [0.25, 0.3) is 0 Å². The number of aromatic nitrogens is 6. The summed E-state index contributed by atoms with van der Waals surface area (Å²) in [5.41, 5.74) is 6.51. The largest absolute Gasteiger partial charge is 0.335 e. The van der Waals surface area contributed by atoms with Crippen molar-refractivity contribution in [3.8, 4) is 22.6 Å². The quantitative estimate of drug-likeness (QED) is 0.395. The Kier molecular flexibility index (Phi) is 4.46. The van der Waals surface area contributed by atoms with Crippen molar-refractivity contribution in [1.29, 1.82) is 0 Å². The Morgan fingerprint density at radius 3 is 2.75 bits per heavy atom. The molecule has 1 aliphatic heterocycles. The maximum absolute atomic E-state index is 14.0. The van der Waals surface area contributed by atoms with Crippen LogP contribution in [-0.4, -0.2) is 43.2 Å². The number of aryl methyl sites for hydroxylation is 1. The van der Waals surface area contributed by atoms with Crippen molar-refractivity contribution in [3.63, 3.8) is 0 Å². The van der Waals surface area contributed by atoms with Crippen LogP contribution in [0.3, 0.4) is 0 Å². The third kappa shape index (κ3) is 3.23. The molecule has 0 amide bonds. The minimum atomic E-state index is -0.263. The molecular formula is C24H22FN7. The van der Waals surface area contributed by atoms with Crippen LogP contribution >= 0.6 is 0 Å². The fraction of sp³-hybridized carbons (Fsp3) is 0.250. The van der Waals surface area contributed by atoms with Gasteiger partial charge < -0.3 is 10.3 Å². The minimum Gasteiger partial charge on any atom is -0.335 e. The Balaban J connectivity index is 1.47. The Morgan fingerprint density at radius 1 is 1.03 bits per heavy atom. The number of fused-ring (bicyclic) bond motifs is 2. The van der Waals surface area contributed by atoms with Crippen molar-refractivity contribution in [2.45, 2.75) is 25.7 Å². The number of nitrogens with one attached hydrogen (secondary N) is 3. The molecule has 0 atom stereocenters. The first-order valence-electron chi connectivity index (χ1n) is 10.8. The van der Waals surface area contributed by atoms with Crippen molar-refractivity contribution in [1.82, 2.24) is 35.5 Å². The van der Waals surface area contributed by atoms with Crippen molar-refractivity contribution < 1.29 is 4.39 Å². The summed E-state index contributed by atoms with van der Waals surface area (Å²) in [6.07, 6.45) is 5.84. The second-order valence-electron chi connectivity index (χ2n) is 8.42. The lowest BCUT2D eigenvalue weighted by Crippen LogP contribution is -2.26. The predicted molar refractivity (Wildman–Crippen MR) is 122 cm³/mol. The van der Waals surface area contributed by atoms with Gasteiger partial charge in [-0.1, -0.05) is 6.07 Å². The highest BCUT2D eigenvalue weighted by Gasteiger charge is 2.20. The van der Waals surface area contributed by atoms with Gasteiger partial charge in [0.15, 0.2) is 17.1 Å². The molecule has 7 nitrogen and oxygen atoms in total. The van der Waals surface area contributed by atoms with Crippen LogP contribution in [0.1, 0.15) is 29.9 Å². The third-order valence-electron chi connectivity index (χ3n) is 6.22. The summed E-state index contributed by atoms with van der Waals surface area (Å²) >= 11 is 0. The molecule has 0 bridgehead atoms. The zero-order chi connectivity index (χ0) is 21.7. The van der Waals surface area contributed by atoms with Crippen LogP contribution in [-0.2, 0) is 0 Å². The van der Waals surface area contributed by atoms with Gasteiger partial charge in [-0.05, 0) is 79.7 Å². The number of H-pyrrole nitrogens is 2. The lowest BCUT2D eigenvalue weighted by molar-refractivity contribution is 0.460. The Hall–Kier alpha value is -3.65. The summed E-state index contributed by atoms with van der Waals surface area (Å²) in [5.74, 6) is 0.872. The normalized spacial score (nSPS) is 15.1. The van der Waals surface area contributed by atoms with Crippen molar-refractivity contribution in [2.24, 2.45) is 0 Å². The lowest BCUT2D eigenvalue weighted by atomic mass is 9.91. The highest BCUT2D eigenvalue weighted by Crippen LogP contribution is 2.33. The van der Waals surface area contributed by atoms with Gasteiger partial charge in [-0.15, -0.1) is 0 Å². The molecule has 1 aliphatic rings. The van der Waals surface area contributed by atoms with E-state index in [0.29, 0.717) is 23.0 Å². The molecule has 1 fully saturated rings. The molecular weight excluding hydrogens is 405 g/mol. The molecule has 0 saturated carbocycles. The second kappa shape index (κ2) is 7.49. The van der Waals surface area contributed by atoms with Crippen LogP contribution in [0.5, 0.6) is 0 Å². The first kappa shape index (κ1) is 19.1. The van der Waals surface area contributed by atoms with Crippen LogP contribution in [0.15, 0.2) is 42.7 Å². The Labute approximate surface area is 183 Å². The van der Waals surface area contributed by atoms with E-state index >= 15 is 0 Å². The molecule has 0 aliphatic carbocycles. The van der Waals surface area contributed by atoms with E-state index < -0.39 is 0 Å². The van der Waals surface area contributed by atoms with Gasteiger partial charge in [-0.3, -0.25) is 5.10 Å². The van der Waals surface area contributed by atoms with Crippen LogP contribution in [0.2, 0.25) is 0 Å². The summed E-state index contributed by atoms with van der Waals surface area (Å²) < 4.78 is 14.0. The van der Waals surface area contributed by atoms with E-state index in [-0.39, 0.29) is 5.82 Å². The van der Waals surface area contributed by atoms with E-state index in [4.69, 9.17) is 4.98 Å². The third-order valence-corrected chi connectivity index (χ3v) is 6.22. The number of benzene rings is 1. The molecule has 0 unspecified atom stereocenters. The summed E-state index contributed by atoms with van der Waals surface area (Å²) in [4.78, 5) is 17.1. The SMILES string of the molecule is Cc1cc(F)cc(-c2ccnc3nc(-c4[nH]nc5ncc(C6CCNCC6)cc45)[nH]c23)c1. The number of nitrogens with zero attached hydrogens (tertiary/aromatic N) is 4. The van der Waals surface area contributed by atoms with Crippen molar-refractivity contribution in [2.75, 3.05) is 13.1 Å². The molecule has 5 aromatic rings. The molecule has 0 radical (unpaired) electrons. The molecule has 32 heavy (non-hydrogen) atoms. The van der Waals surface area contributed by atoms with Gasteiger partial charge >= 0.3 is 0 Å². The number of piperidine rings is 1. The van der Waals surface area contributed by atoms with Crippen molar-refractivity contribution in [3.05, 3.63) is 59.7 Å². The smallest absolute Gasteiger partial charge is 0.181 e. The number of rotatable bonds is 3. The molecule has 1 aromatic carbocycles. The summed E-state index contributed by atoms with van der Waals surface area (Å²) in [6.45, 7) is 3.93. The highest BCUT2D eigenvalue weighted by molar-refractivity contribution is 5.95. The van der Waals surface area contributed by atoms with E-state index in [1.165, 1.54) is 17.7 Å². The number of halogens is 1. The number of aromatic amines is 2. The minimum absolute atomic E-state index is 0.263. The molecule has 1 saturated heterocycles. The van der Waals surface area contributed by atoms with Crippen LogP contribution in [0.4, 0.5) is 4.39 Å². The van der Waals surface area contributed by atoms with Crippen molar-refractivity contribution >= 4 is 22.2 Å². The fourth-order valence-electron chi connectivity index (χ4n) is 4.64. The molecule has 160 valence electrons. The highest BCUT2D eigenvalue weighted by atomic mass is 19.1. The zero-order valence-electron chi connectivity index (χ0n) is 17.6. The first-order chi connectivity index (χ1) is 15.7. The number of pyridine rings is 2.